The van der Waals surface area contributed by atoms with Crippen molar-refractivity contribution in [2.75, 3.05) is 24.3 Å². The molecule has 0 unspecified atom stereocenters. The molecule has 2 amide bonds. The van der Waals surface area contributed by atoms with Crippen LogP contribution in [0.1, 0.15) is 46.7 Å². The Morgan fingerprint density at radius 3 is 2.63 bits per heavy atom. The molecule has 4 rings (SSSR count). The number of nitrogens with two attached hydrogens (primary N) is 1. The van der Waals surface area contributed by atoms with E-state index < -0.39 is 30.6 Å². The van der Waals surface area contributed by atoms with Gasteiger partial charge in [0.15, 0.2) is 5.69 Å². The molecule has 38 heavy (non-hydrogen) atoms. The molecule has 0 aromatic carbocycles. The van der Waals surface area contributed by atoms with Crippen LogP contribution < -0.4 is 21.7 Å². The zero-order valence-corrected chi connectivity index (χ0v) is 20.3. The zero-order valence-electron chi connectivity index (χ0n) is 20.3. The molecule has 5 N–H and O–H groups in total. The number of aromatic nitrogens is 5. The number of hydrogen-bond acceptors (Lipinski definition) is 9. The average molecular weight is 538 g/mol. The highest BCUT2D eigenvalue weighted by Gasteiger charge is 2.40. The number of esters is 1. The lowest BCUT2D eigenvalue weighted by molar-refractivity contribution is -0.199. The summed E-state index contributed by atoms with van der Waals surface area (Å²) in [5.74, 6) is -3.32. The van der Waals surface area contributed by atoms with Gasteiger partial charge >= 0.3 is 12.1 Å². The van der Waals surface area contributed by atoms with Gasteiger partial charge in [-0.25, -0.2) is 14.3 Å². The maximum atomic E-state index is 13.1. The lowest BCUT2D eigenvalue weighted by Gasteiger charge is -2.29. The van der Waals surface area contributed by atoms with Gasteiger partial charge in [0.25, 0.3) is 11.8 Å². The maximum absolute atomic E-state index is 13.1. The second-order valence-electron chi connectivity index (χ2n) is 8.66. The molecule has 3 aromatic heterocycles. The topological polar surface area (TPSA) is 171 Å². The number of nitrogens with one attached hydrogen (secondary N) is 3. The Labute approximate surface area is 213 Å². The van der Waals surface area contributed by atoms with E-state index in [2.05, 4.69) is 35.9 Å². The van der Waals surface area contributed by atoms with Gasteiger partial charge in [-0.05, 0) is 25.0 Å². The third-order valence-corrected chi connectivity index (χ3v) is 6.00. The van der Waals surface area contributed by atoms with E-state index in [1.165, 1.54) is 23.8 Å². The molecule has 1 aliphatic rings. The van der Waals surface area contributed by atoms with Gasteiger partial charge in [-0.1, -0.05) is 12.8 Å². The minimum Gasteiger partial charge on any atom is -0.457 e. The number of carbonyl (C=O) groups is 3. The number of hydrogen-bond donors (Lipinski definition) is 4. The summed E-state index contributed by atoms with van der Waals surface area (Å²) < 4.78 is 43.6. The first-order valence-electron chi connectivity index (χ1n) is 11.8. The van der Waals surface area contributed by atoms with E-state index >= 15 is 0 Å². The van der Waals surface area contributed by atoms with Gasteiger partial charge in [-0.3, -0.25) is 14.3 Å². The normalized spacial score (nSPS) is 17.7. The van der Waals surface area contributed by atoms with Crippen LogP contribution in [-0.4, -0.2) is 74.1 Å². The summed E-state index contributed by atoms with van der Waals surface area (Å²) >= 11 is 0. The summed E-state index contributed by atoms with van der Waals surface area (Å²) in [5.41, 5.74) is 6.68. The Bertz CT molecular complexity index is 1340. The van der Waals surface area contributed by atoms with E-state index in [9.17, 15) is 27.6 Å². The van der Waals surface area contributed by atoms with E-state index in [1.54, 1.807) is 12.3 Å². The van der Waals surface area contributed by atoms with Crippen molar-refractivity contribution in [3.8, 4) is 0 Å². The number of carbonyl (C=O) groups excluding carboxylic acids is 3. The summed E-state index contributed by atoms with van der Waals surface area (Å²) in [7, 11) is 1.35. The van der Waals surface area contributed by atoms with Crippen molar-refractivity contribution < 1.29 is 32.3 Å². The Balaban J connectivity index is 1.51. The van der Waals surface area contributed by atoms with Gasteiger partial charge in [0.05, 0.1) is 23.9 Å². The van der Waals surface area contributed by atoms with E-state index in [0.717, 1.165) is 30.4 Å². The molecule has 1 aliphatic carbocycles. The minimum absolute atomic E-state index is 0.00500. The van der Waals surface area contributed by atoms with Crippen molar-refractivity contribution in [3.63, 3.8) is 0 Å². The molecule has 0 bridgehead atoms. The molecule has 13 nitrogen and oxygen atoms in total. The van der Waals surface area contributed by atoms with Crippen LogP contribution in [0.15, 0.2) is 24.5 Å². The van der Waals surface area contributed by atoms with Crippen LogP contribution in [-0.2, 0) is 16.1 Å². The summed E-state index contributed by atoms with van der Waals surface area (Å²) in [6.45, 7) is -0.942. The molecule has 204 valence electrons. The highest BCUT2D eigenvalue weighted by molar-refractivity contribution is 6.07. The van der Waals surface area contributed by atoms with Crippen LogP contribution in [0, 0.1) is 0 Å². The first-order valence-corrected chi connectivity index (χ1v) is 11.8. The predicted molar refractivity (Wildman–Crippen MR) is 127 cm³/mol. The van der Waals surface area contributed by atoms with Crippen LogP contribution >= 0.6 is 0 Å². The number of rotatable bonds is 8. The van der Waals surface area contributed by atoms with Gasteiger partial charge < -0.3 is 26.4 Å². The van der Waals surface area contributed by atoms with Gasteiger partial charge in [-0.15, -0.1) is 5.10 Å². The number of fused-ring (bicyclic) bond motifs is 1. The van der Waals surface area contributed by atoms with Gasteiger partial charge in [0.2, 0.25) is 5.95 Å². The molecular weight excluding hydrogens is 511 g/mol. The van der Waals surface area contributed by atoms with Crippen molar-refractivity contribution in [1.29, 1.82) is 0 Å². The van der Waals surface area contributed by atoms with Crippen LogP contribution in [0.2, 0.25) is 0 Å². The minimum atomic E-state index is -5.13. The molecule has 0 saturated heterocycles. The Morgan fingerprint density at radius 1 is 1.16 bits per heavy atom. The molecule has 16 heteroatoms. The lowest BCUT2D eigenvalue weighted by atomic mass is 9.91. The molecule has 1 saturated carbocycles. The maximum Gasteiger partial charge on any atom is 0.490 e. The standard InChI is InChI=1S/C22H26F3N9O4/c1-27-19(36)17-15(11-33(31-17)8-9-38-20(37)22(23,24)25)29-18(35)16-7-6-12-10-28-21(32-34(12)16)30-14-5-3-2-4-13(14)26/h6-7,10-11,13-14H,2-5,8-9,26H2,1H3,(H,27,36)(H,29,35)(H,30,32)/t13-,14+/m0/s1. The number of nitrogens with zero attached hydrogens (tertiary/aromatic N) is 5. The highest BCUT2D eigenvalue weighted by Crippen LogP contribution is 2.21. The summed E-state index contributed by atoms with van der Waals surface area (Å²) in [4.78, 5) is 40.6. The zero-order chi connectivity index (χ0) is 27.4. The van der Waals surface area contributed by atoms with Crippen LogP contribution in [0.25, 0.3) is 5.52 Å². The SMILES string of the molecule is CNC(=O)c1nn(CCOC(=O)C(F)(F)F)cc1NC(=O)c1ccc2cnc(N[C@@H]3CCCC[C@@H]3N)nn12. The third-order valence-electron chi connectivity index (χ3n) is 6.00. The number of halogens is 3. The number of anilines is 2. The van der Waals surface area contributed by atoms with Gasteiger partial charge in [-0.2, -0.15) is 18.3 Å². The Hall–Kier alpha value is -4.21. The fourth-order valence-corrected chi connectivity index (χ4v) is 4.06. The summed E-state index contributed by atoms with van der Waals surface area (Å²) in [5, 5.41) is 16.6. The van der Waals surface area contributed by atoms with Crippen molar-refractivity contribution in [2.24, 2.45) is 5.73 Å². The summed E-state index contributed by atoms with van der Waals surface area (Å²) in [6, 6.07) is 3.14. The Morgan fingerprint density at radius 2 is 1.92 bits per heavy atom. The fourth-order valence-electron chi connectivity index (χ4n) is 4.06. The fraction of sp³-hybridized carbons (Fsp3) is 0.455. The second-order valence-corrected chi connectivity index (χ2v) is 8.66. The number of amides is 2. The van der Waals surface area contributed by atoms with E-state index in [1.807, 2.05) is 0 Å². The molecule has 0 spiro atoms. The largest absolute Gasteiger partial charge is 0.490 e. The monoisotopic (exact) mass is 537 g/mol. The van der Waals surface area contributed by atoms with Crippen molar-refractivity contribution in [2.45, 2.75) is 50.5 Å². The molecule has 0 radical (unpaired) electrons. The molecule has 0 aliphatic heterocycles. The average Bonchev–Trinajstić information content (AvgIpc) is 3.48. The Kier molecular flexibility index (Phi) is 7.80. The smallest absolute Gasteiger partial charge is 0.457 e. The molecule has 3 aromatic rings. The van der Waals surface area contributed by atoms with Crippen LogP contribution in [0.4, 0.5) is 24.8 Å². The van der Waals surface area contributed by atoms with Gasteiger partial charge in [0.1, 0.15) is 12.3 Å². The molecule has 1 fully saturated rings. The highest BCUT2D eigenvalue weighted by atomic mass is 19.4. The first kappa shape index (κ1) is 26.8. The molecule has 2 atom stereocenters. The van der Waals surface area contributed by atoms with Crippen molar-refractivity contribution >= 4 is 34.9 Å². The van der Waals surface area contributed by atoms with Crippen molar-refractivity contribution in [3.05, 3.63) is 35.9 Å². The molecule has 3 heterocycles. The number of ether oxygens (including phenoxy) is 1. The van der Waals surface area contributed by atoms with E-state index in [-0.39, 0.29) is 35.7 Å². The van der Waals surface area contributed by atoms with E-state index in [4.69, 9.17) is 5.73 Å². The van der Waals surface area contributed by atoms with Crippen LogP contribution in [0.5, 0.6) is 0 Å². The van der Waals surface area contributed by atoms with Crippen molar-refractivity contribution in [1.82, 2.24) is 29.7 Å². The molecular formula is C22H26F3N9O4. The van der Waals surface area contributed by atoms with E-state index in [0.29, 0.717) is 11.5 Å². The summed E-state index contributed by atoms with van der Waals surface area (Å²) in [6.07, 6.45) is 1.54. The third kappa shape index (κ3) is 6.01. The lowest BCUT2D eigenvalue weighted by Crippen LogP contribution is -2.43. The first-order chi connectivity index (χ1) is 18.1. The van der Waals surface area contributed by atoms with Gasteiger partial charge in [0, 0.05) is 25.3 Å². The quantitative estimate of drug-likeness (QED) is 0.310. The second kappa shape index (κ2) is 11.0. The number of alkyl halides is 3. The predicted octanol–water partition coefficient (Wildman–Crippen LogP) is 1.32. The van der Waals surface area contributed by atoms with Crippen LogP contribution in [0.3, 0.4) is 0 Å².